The van der Waals surface area contributed by atoms with Crippen LogP contribution in [-0.2, 0) is 0 Å². The lowest BCUT2D eigenvalue weighted by molar-refractivity contribution is 0.475. The van der Waals surface area contributed by atoms with E-state index in [0.717, 1.165) is 18.4 Å². The van der Waals surface area contributed by atoms with E-state index in [9.17, 15) is 5.11 Å². The van der Waals surface area contributed by atoms with Crippen molar-refractivity contribution in [2.45, 2.75) is 18.9 Å². The number of phenolic OH excluding ortho intramolecular Hbond substituents is 1. The Kier molecular flexibility index (Phi) is 4.13. The highest BCUT2D eigenvalue weighted by molar-refractivity contribution is 6.37. The van der Waals surface area contributed by atoms with E-state index in [4.69, 9.17) is 28.9 Å². The number of phenols is 1. The van der Waals surface area contributed by atoms with Crippen LogP contribution in [0.15, 0.2) is 12.1 Å². The molecule has 1 aliphatic carbocycles. The second kappa shape index (κ2) is 4.79. The molecule has 2 rings (SSSR count). The largest absolute Gasteiger partial charge is 0.505 e. The first-order valence-electron chi connectivity index (χ1n) is 4.53. The molecule has 1 aliphatic rings. The van der Waals surface area contributed by atoms with Crippen molar-refractivity contribution in [2.24, 2.45) is 11.7 Å². The Morgan fingerprint density at radius 2 is 1.73 bits per heavy atom. The molecule has 0 saturated heterocycles. The molecule has 1 saturated carbocycles. The number of benzene rings is 1. The maximum absolute atomic E-state index is 9.36. The monoisotopic (exact) mass is 267 g/mol. The average Bonchev–Trinajstić information content (AvgIpc) is 2.95. The summed E-state index contributed by atoms with van der Waals surface area (Å²) in [6.45, 7) is 0. The molecular weight excluding hydrogens is 256 g/mol. The third-order valence-corrected chi connectivity index (χ3v) is 3.13. The summed E-state index contributed by atoms with van der Waals surface area (Å²) < 4.78 is 0. The van der Waals surface area contributed by atoms with Crippen molar-refractivity contribution < 1.29 is 5.11 Å². The maximum atomic E-state index is 9.36. The Labute approximate surface area is 105 Å². The van der Waals surface area contributed by atoms with E-state index in [2.05, 4.69) is 0 Å². The van der Waals surface area contributed by atoms with Crippen LogP contribution in [0.25, 0.3) is 0 Å². The topological polar surface area (TPSA) is 46.2 Å². The summed E-state index contributed by atoms with van der Waals surface area (Å²) in [5, 5.41) is 9.90. The lowest BCUT2D eigenvalue weighted by Gasteiger charge is -2.12. The lowest BCUT2D eigenvalue weighted by Crippen LogP contribution is -2.12. The number of aromatic hydroxyl groups is 1. The van der Waals surface area contributed by atoms with Crippen molar-refractivity contribution in [1.82, 2.24) is 0 Å². The van der Waals surface area contributed by atoms with Crippen LogP contribution in [0.3, 0.4) is 0 Å². The van der Waals surface area contributed by atoms with Crippen molar-refractivity contribution in [2.75, 3.05) is 0 Å². The first-order valence-corrected chi connectivity index (χ1v) is 5.28. The Morgan fingerprint density at radius 3 is 2.13 bits per heavy atom. The van der Waals surface area contributed by atoms with Gasteiger partial charge in [-0.25, -0.2) is 0 Å². The second-order valence-corrected chi connectivity index (χ2v) is 4.51. The quantitative estimate of drug-likeness (QED) is 0.862. The van der Waals surface area contributed by atoms with Crippen LogP contribution in [0.1, 0.15) is 24.4 Å². The van der Waals surface area contributed by atoms with Crippen molar-refractivity contribution in [3.8, 4) is 5.75 Å². The van der Waals surface area contributed by atoms with E-state index >= 15 is 0 Å². The van der Waals surface area contributed by atoms with Crippen molar-refractivity contribution >= 4 is 35.6 Å². The number of rotatable bonds is 2. The zero-order valence-corrected chi connectivity index (χ0v) is 10.2. The molecule has 3 N–H and O–H groups in total. The average molecular weight is 269 g/mol. The van der Waals surface area contributed by atoms with Crippen LogP contribution in [0.2, 0.25) is 10.0 Å². The molecule has 5 heteroatoms. The molecule has 0 aromatic heterocycles. The van der Waals surface area contributed by atoms with Gasteiger partial charge in [0.25, 0.3) is 0 Å². The standard InChI is InChI=1S/C10H11Cl2NO.ClH/c11-7-3-6(4-8(12)10(7)14)9(13)5-1-2-5;/h3-5,9,14H,1-2,13H2;1H/t9-;/m1./s1. The summed E-state index contributed by atoms with van der Waals surface area (Å²) in [6, 6.07) is 3.36. The number of halogens is 3. The van der Waals surface area contributed by atoms with Crippen LogP contribution in [0.5, 0.6) is 5.75 Å². The minimum Gasteiger partial charge on any atom is -0.505 e. The SMILES string of the molecule is Cl.N[C@@H](c1cc(Cl)c(O)c(Cl)c1)C1CC1. The van der Waals surface area contributed by atoms with Crippen molar-refractivity contribution in [3.63, 3.8) is 0 Å². The molecule has 0 radical (unpaired) electrons. The van der Waals surface area contributed by atoms with E-state index < -0.39 is 0 Å². The Hall–Kier alpha value is -0.150. The van der Waals surface area contributed by atoms with E-state index in [1.807, 2.05) is 0 Å². The van der Waals surface area contributed by atoms with Gasteiger partial charge in [0, 0.05) is 6.04 Å². The van der Waals surface area contributed by atoms with E-state index in [-0.39, 0.29) is 34.2 Å². The second-order valence-electron chi connectivity index (χ2n) is 3.70. The van der Waals surface area contributed by atoms with Crippen LogP contribution in [0.4, 0.5) is 0 Å². The highest BCUT2D eigenvalue weighted by Crippen LogP contribution is 2.42. The molecule has 0 bridgehead atoms. The smallest absolute Gasteiger partial charge is 0.152 e. The highest BCUT2D eigenvalue weighted by Gasteiger charge is 2.30. The number of hydrogen-bond donors (Lipinski definition) is 2. The fraction of sp³-hybridized carbons (Fsp3) is 0.400. The normalized spacial score (nSPS) is 17.0. The zero-order valence-electron chi connectivity index (χ0n) is 7.91. The fourth-order valence-corrected chi connectivity index (χ4v) is 2.01. The predicted octanol–water partition coefficient (Wildman–Crippen LogP) is 3.53. The predicted molar refractivity (Wildman–Crippen MR) is 65.0 cm³/mol. The Morgan fingerprint density at radius 1 is 1.27 bits per heavy atom. The van der Waals surface area contributed by atoms with Gasteiger partial charge in [0.05, 0.1) is 10.0 Å². The van der Waals surface area contributed by atoms with Gasteiger partial charge in [0.2, 0.25) is 0 Å². The van der Waals surface area contributed by atoms with E-state index in [1.54, 1.807) is 12.1 Å². The Balaban J connectivity index is 0.00000112. The molecule has 0 unspecified atom stereocenters. The molecule has 0 heterocycles. The summed E-state index contributed by atoms with van der Waals surface area (Å²) in [7, 11) is 0. The van der Waals surface area contributed by atoms with Gasteiger partial charge in [-0.15, -0.1) is 12.4 Å². The summed E-state index contributed by atoms with van der Waals surface area (Å²) in [4.78, 5) is 0. The number of hydrogen-bond acceptors (Lipinski definition) is 2. The number of nitrogens with two attached hydrogens (primary N) is 1. The van der Waals surface area contributed by atoms with Crippen molar-refractivity contribution in [3.05, 3.63) is 27.7 Å². The van der Waals surface area contributed by atoms with Gasteiger partial charge in [0.15, 0.2) is 5.75 Å². The van der Waals surface area contributed by atoms with Crippen LogP contribution in [0, 0.1) is 5.92 Å². The zero-order chi connectivity index (χ0) is 10.3. The summed E-state index contributed by atoms with van der Waals surface area (Å²) in [5.41, 5.74) is 6.89. The van der Waals surface area contributed by atoms with Crippen LogP contribution >= 0.6 is 35.6 Å². The molecule has 0 amide bonds. The van der Waals surface area contributed by atoms with Gasteiger partial charge in [-0.2, -0.15) is 0 Å². The highest BCUT2D eigenvalue weighted by atomic mass is 35.5. The van der Waals surface area contributed by atoms with E-state index in [1.165, 1.54) is 0 Å². The van der Waals surface area contributed by atoms with Gasteiger partial charge in [-0.05, 0) is 36.5 Å². The molecule has 84 valence electrons. The van der Waals surface area contributed by atoms with E-state index in [0.29, 0.717) is 5.92 Å². The minimum atomic E-state index is -0.0694. The molecular formula is C10H12Cl3NO. The third-order valence-electron chi connectivity index (χ3n) is 2.55. The van der Waals surface area contributed by atoms with Gasteiger partial charge in [-0.3, -0.25) is 0 Å². The first-order chi connectivity index (χ1) is 6.59. The molecule has 15 heavy (non-hydrogen) atoms. The third kappa shape index (κ3) is 2.70. The van der Waals surface area contributed by atoms with Gasteiger partial charge >= 0.3 is 0 Å². The molecule has 1 fully saturated rings. The molecule has 1 aromatic carbocycles. The van der Waals surface area contributed by atoms with Crippen LogP contribution in [-0.4, -0.2) is 5.11 Å². The Bertz CT molecular complexity index is 343. The van der Waals surface area contributed by atoms with Gasteiger partial charge < -0.3 is 10.8 Å². The van der Waals surface area contributed by atoms with Gasteiger partial charge in [0.1, 0.15) is 0 Å². The first kappa shape index (κ1) is 12.9. The molecule has 1 aromatic rings. The molecule has 2 nitrogen and oxygen atoms in total. The van der Waals surface area contributed by atoms with Gasteiger partial charge in [-0.1, -0.05) is 23.2 Å². The molecule has 1 atom stereocenters. The van der Waals surface area contributed by atoms with Crippen LogP contribution < -0.4 is 5.73 Å². The fourth-order valence-electron chi connectivity index (χ4n) is 1.51. The minimum absolute atomic E-state index is 0. The van der Waals surface area contributed by atoms with Crippen molar-refractivity contribution in [1.29, 1.82) is 0 Å². The summed E-state index contributed by atoms with van der Waals surface area (Å²) in [6.07, 6.45) is 2.33. The molecule has 0 aliphatic heterocycles. The molecule has 0 spiro atoms. The lowest BCUT2D eigenvalue weighted by atomic mass is 10.0. The maximum Gasteiger partial charge on any atom is 0.152 e. The summed E-state index contributed by atoms with van der Waals surface area (Å²) in [5.74, 6) is 0.478. The summed E-state index contributed by atoms with van der Waals surface area (Å²) >= 11 is 11.6.